The number of nitrogens with zero attached hydrogens (tertiary/aromatic N) is 2. The molecule has 3 amide bonds. The SMILES string of the molecule is O=C(O)N[C@H](C(=O)N1CC[C@@H]2[C@H]1CCN2C(=O)OCc1ccccc1)C1CCCCC1. The molecule has 0 unspecified atom stereocenters. The van der Waals surface area contributed by atoms with E-state index in [1.54, 1.807) is 4.90 Å². The topological polar surface area (TPSA) is 99.2 Å². The van der Waals surface area contributed by atoms with E-state index in [9.17, 15) is 19.5 Å². The van der Waals surface area contributed by atoms with Crippen molar-refractivity contribution in [1.29, 1.82) is 0 Å². The van der Waals surface area contributed by atoms with Gasteiger partial charge in [-0.2, -0.15) is 0 Å². The van der Waals surface area contributed by atoms with Gasteiger partial charge in [-0.3, -0.25) is 4.79 Å². The number of carbonyl (C=O) groups excluding carboxylic acids is 2. The molecule has 31 heavy (non-hydrogen) atoms. The summed E-state index contributed by atoms with van der Waals surface area (Å²) in [4.78, 5) is 41.0. The lowest BCUT2D eigenvalue weighted by Gasteiger charge is -2.34. The molecule has 3 atom stereocenters. The minimum Gasteiger partial charge on any atom is -0.465 e. The van der Waals surface area contributed by atoms with Crippen LogP contribution in [0, 0.1) is 5.92 Å². The Labute approximate surface area is 182 Å². The van der Waals surface area contributed by atoms with Crippen molar-refractivity contribution < 1.29 is 24.2 Å². The van der Waals surface area contributed by atoms with Crippen molar-refractivity contribution in [2.45, 2.75) is 69.7 Å². The molecule has 0 spiro atoms. The average molecular weight is 430 g/mol. The highest BCUT2D eigenvalue weighted by molar-refractivity contribution is 5.86. The number of carboxylic acid groups (broad SMARTS) is 1. The molecule has 4 rings (SSSR count). The normalized spacial score (nSPS) is 24.5. The van der Waals surface area contributed by atoms with Crippen LogP contribution < -0.4 is 5.32 Å². The molecule has 3 aliphatic rings. The van der Waals surface area contributed by atoms with Crippen LogP contribution in [0.1, 0.15) is 50.5 Å². The van der Waals surface area contributed by atoms with Crippen LogP contribution in [0.3, 0.4) is 0 Å². The molecule has 1 aliphatic carbocycles. The third-order valence-electron chi connectivity index (χ3n) is 6.97. The quantitative estimate of drug-likeness (QED) is 0.749. The van der Waals surface area contributed by atoms with Crippen LogP contribution in [0.2, 0.25) is 0 Å². The summed E-state index contributed by atoms with van der Waals surface area (Å²) in [6.45, 7) is 1.32. The molecule has 2 heterocycles. The van der Waals surface area contributed by atoms with Gasteiger partial charge in [0.1, 0.15) is 12.6 Å². The molecule has 2 aliphatic heterocycles. The summed E-state index contributed by atoms with van der Waals surface area (Å²) in [6.07, 6.45) is 4.83. The summed E-state index contributed by atoms with van der Waals surface area (Å²) in [6, 6.07) is 8.72. The van der Waals surface area contributed by atoms with Crippen LogP contribution >= 0.6 is 0 Å². The smallest absolute Gasteiger partial charge is 0.410 e. The van der Waals surface area contributed by atoms with Crippen LogP contribution in [0.15, 0.2) is 30.3 Å². The molecule has 1 saturated carbocycles. The van der Waals surface area contributed by atoms with Crippen LogP contribution in [0.4, 0.5) is 9.59 Å². The van der Waals surface area contributed by atoms with Gasteiger partial charge in [-0.05, 0) is 37.2 Å². The molecule has 0 radical (unpaired) electrons. The first kappa shape index (κ1) is 21.5. The molecular weight excluding hydrogens is 398 g/mol. The van der Waals surface area contributed by atoms with Gasteiger partial charge < -0.3 is 25.0 Å². The predicted molar refractivity (Wildman–Crippen MR) is 113 cm³/mol. The van der Waals surface area contributed by atoms with Crippen molar-refractivity contribution in [3.63, 3.8) is 0 Å². The highest BCUT2D eigenvalue weighted by Crippen LogP contribution is 2.34. The van der Waals surface area contributed by atoms with E-state index >= 15 is 0 Å². The zero-order valence-corrected chi connectivity index (χ0v) is 17.7. The number of amides is 3. The molecule has 8 heteroatoms. The van der Waals surface area contributed by atoms with E-state index in [0.29, 0.717) is 25.9 Å². The summed E-state index contributed by atoms with van der Waals surface area (Å²) in [7, 11) is 0. The summed E-state index contributed by atoms with van der Waals surface area (Å²) >= 11 is 0. The molecule has 0 aromatic heterocycles. The van der Waals surface area contributed by atoms with Gasteiger partial charge >= 0.3 is 12.2 Å². The van der Waals surface area contributed by atoms with Gasteiger partial charge in [-0.1, -0.05) is 49.6 Å². The largest absolute Gasteiger partial charge is 0.465 e. The molecule has 0 bridgehead atoms. The summed E-state index contributed by atoms with van der Waals surface area (Å²) < 4.78 is 5.50. The van der Waals surface area contributed by atoms with Crippen molar-refractivity contribution in [3.8, 4) is 0 Å². The summed E-state index contributed by atoms with van der Waals surface area (Å²) in [5.41, 5.74) is 0.935. The molecule has 168 valence electrons. The molecule has 1 aromatic carbocycles. The van der Waals surface area contributed by atoms with E-state index < -0.39 is 12.1 Å². The zero-order chi connectivity index (χ0) is 21.8. The fraction of sp³-hybridized carbons (Fsp3) is 0.609. The van der Waals surface area contributed by atoms with Gasteiger partial charge in [0.15, 0.2) is 0 Å². The second kappa shape index (κ2) is 9.58. The Bertz CT molecular complexity index is 796. The molecular formula is C23H31N3O5. The summed E-state index contributed by atoms with van der Waals surface area (Å²) in [5, 5.41) is 11.8. The zero-order valence-electron chi connectivity index (χ0n) is 17.7. The van der Waals surface area contributed by atoms with Gasteiger partial charge in [0.05, 0.1) is 12.1 Å². The fourth-order valence-electron chi connectivity index (χ4n) is 5.45. The monoisotopic (exact) mass is 429 g/mol. The van der Waals surface area contributed by atoms with E-state index in [1.165, 1.54) is 0 Å². The van der Waals surface area contributed by atoms with Crippen molar-refractivity contribution in [2.24, 2.45) is 5.92 Å². The number of nitrogens with one attached hydrogen (secondary N) is 1. The van der Waals surface area contributed by atoms with Crippen LogP contribution in [-0.2, 0) is 16.1 Å². The second-order valence-electron chi connectivity index (χ2n) is 8.80. The summed E-state index contributed by atoms with van der Waals surface area (Å²) in [5.74, 6) is -0.0916. The number of fused-ring (bicyclic) bond motifs is 1. The van der Waals surface area contributed by atoms with Gasteiger partial charge in [0.2, 0.25) is 5.91 Å². The van der Waals surface area contributed by atoms with Gasteiger partial charge in [-0.25, -0.2) is 9.59 Å². The Kier molecular flexibility index (Phi) is 6.63. The number of carbonyl (C=O) groups is 3. The fourth-order valence-corrected chi connectivity index (χ4v) is 5.45. The molecule has 8 nitrogen and oxygen atoms in total. The Morgan fingerprint density at radius 2 is 1.61 bits per heavy atom. The average Bonchev–Trinajstić information content (AvgIpc) is 3.39. The van der Waals surface area contributed by atoms with Gasteiger partial charge in [0.25, 0.3) is 0 Å². The van der Waals surface area contributed by atoms with Gasteiger partial charge in [-0.15, -0.1) is 0 Å². The maximum absolute atomic E-state index is 13.4. The first-order valence-electron chi connectivity index (χ1n) is 11.3. The lowest BCUT2D eigenvalue weighted by molar-refractivity contribution is -0.136. The van der Waals surface area contributed by atoms with Gasteiger partial charge in [0, 0.05) is 13.1 Å². The molecule has 1 aromatic rings. The van der Waals surface area contributed by atoms with Crippen molar-refractivity contribution in [1.82, 2.24) is 15.1 Å². The van der Waals surface area contributed by atoms with Crippen LogP contribution in [0.25, 0.3) is 0 Å². The van der Waals surface area contributed by atoms with Crippen LogP contribution in [-0.4, -0.2) is 64.2 Å². The molecule has 2 N–H and O–H groups in total. The van der Waals surface area contributed by atoms with Crippen molar-refractivity contribution in [2.75, 3.05) is 13.1 Å². The van der Waals surface area contributed by atoms with E-state index in [2.05, 4.69) is 5.32 Å². The maximum atomic E-state index is 13.4. The van der Waals surface area contributed by atoms with E-state index in [0.717, 1.165) is 37.7 Å². The van der Waals surface area contributed by atoms with Crippen LogP contribution in [0.5, 0.6) is 0 Å². The lowest BCUT2D eigenvalue weighted by Crippen LogP contribution is -2.54. The number of benzene rings is 1. The van der Waals surface area contributed by atoms with E-state index in [4.69, 9.17) is 4.74 Å². The first-order chi connectivity index (χ1) is 15.0. The van der Waals surface area contributed by atoms with E-state index in [-0.39, 0.29) is 36.6 Å². The Balaban J connectivity index is 1.38. The number of hydrogen-bond acceptors (Lipinski definition) is 4. The third kappa shape index (κ3) is 4.78. The lowest BCUT2D eigenvalue weighted by atomic mass is 9.83. The number of hydrogen-bond donors (Lipinski definition) is 2. The van der Waals surface area contributed by atoms with Crippen molar-refractivity contribution in [3.05, 3.63) is 35.9 Å². The number of likely N-dealkylation sites (tertiary alicyclic amines) is 2. The number of rotatable bonds is 5. The van der Waals surface area contributed by atoms with E-state index in [1.807, 2.05) is 35.2 Å². The highest BCUT2D eigenvalue weighted by Gasteiger charge is 2.48. The Hall–Kier alpha value is -2.77. The standard InChI is InChI=1S/C23H31N3O5/c27-21(20(24-22(28)29)17-9-5-2-6-10-17)25-13-11-19-18(25)12-14-26(19)23(30)31-15-16-7-3-1-4-8-16/h1,3-4,7-8,17-20,24H,2,5-6,9-15H2,(H,28,29)/t18-,19-,20+/m1/s1. The highest BCUT2D eigenvalue weighted by atomic mass is 16.6. The third-order valence-corrected chi connectivity index (χ3v) is 6.97. The minimum atomic E-state index is -1.16. The Morgan fingerprint density at radius 3 is 2.29 bits per heavy atom. The number of ether oxygens (including phenoxy) is 1. The molecule has 3 fully saturated rings. The maximum Gasteiger partial charge on any atom is 0.410 e. The molecule has 2 saturated heterocycles. The minimum absolute atomic E-state index is 0.0461. The Morgan fingerprint density at radius 1 is 0.968 bits per heavy atom. The predicted octanol–water partition coefficient (Wildman–Crippen LogP) is 3.21. The second-order valence-corrected chi connectivity index (χ2v) is 8.80. The first-order valence-corrected chi connectivity index (χ1v) is 11.3. The van der Waals surface area contributed by atoms with Crippen molar-refractivity contribution >= 4 is 18.1 Å².